The number of nitrogens with zero attached hydrogens (tertiary/aromatic N) is 2. The molecule has 134 valence electrons. The van der Waals surface area contributed by atoms with E-state index in [1.165, 1.54) is 31.9 Å². The molecule has 2 heterocycles. The van der Waals surface area contributed by atoms with Crippen LogP contribution in [0.4, 0.5) is 5.69 Å². The Hall–Kier alpha value is -3.55. The number of hydrogen-bond donors (Lipinski definition) is 1. The highest BCUT2D eigenvalue weighted by Crippen LogP contribution is 2.39. The van der Waals surface area contributed by atoms with Crippen molar-refractivity contribution in [1.82, 2.24) is 9.38 Å². The number of aromatic nitrogens is 2. The zero-order valence-electron chi connectivity index (χ0n) is 14.5. The van der Waals surface area contributed by atoms with E-state index in [-0.39, 0.29) is 5.56 Å². The molecule has 1 aromatic carbocycles. The van der Waals surface area contributed by atoms with Crippen molar-refractivity contribution in [1.29, 1.82) is 0 Å². The number of rotatable bonds is 5. The SMILES string of the molecule is COc1cc(NC(=O)c2cnc3ccccn3c2=O)cc(OC)c1OC. The van der Waals surface area contributed by atoms with Crippen LogP contribution >= 0.6 is 0 Å². The second-order valence-corrected chi connectivity index (χ2v) is 5.27. The van der Waals surface area contributed by atoms with Crippen LogP contribution in [0.25, 0.3) is 5.65 Å². The first-order valence-corrected chi connectivity index (χ1v) is 7.66. The zero-order chi connectivity index (χ0) is 18.7. The molecule has 0 fully saturated rings. The van der Waals surface area contributed by atoms with Gasteiger partial charge in [-0.2, -0.15) is 0 Å². The van der Waals surface area contributed by atoms with Gasteiger partial charge >= 0.3 is 0 Å². The first-order chi connectivity index (χ1) is 12.6. The van der Waals surface area contributed by atoms with Crippen LogP contribution in [-0.2, 0) is 0 Å². The lowest BCUT2D eigenvalue weighted by molar-refractivity contribution is 0.102. The lowest BCUT2D eigenvalue weighted by Gasteiger charge is -2.14. The van der Waals surface area contributed by atoms with Gasteiger partial charge in [0, 0.05) is 30.2 Å². The molecule has 0 saturated heterocycles. The summed E-state index contributed by atoms with van der Waals surface area (Å²) in [5.41, 5.74) is 0.312. The topological polar surface area (TPSA) is 91.2 Å². The lowest BCUT2D eigenvalue weighted by atomic mass is 10.2. The minimum absolute atomic E-state index is 0.0811. The highest BCUT2D eigenvalue weighted by atomic mass is 16.5. The van der Waals surface area contributed by atoms with Crippen molar-refractivity contribution >= 4 is 17.2 Å². The Labute approximate surface area is 149 Å². The molecule has 3 aromatic rings. The van der Waals surface area contributed by atoms with Crippen LogP contribution in [0, 0.1) is 0 Å². The molecule has 0 radical (unpaired) electrons. The molecule has 8 heteroatoms. The van der Waals surface area contributed by atoms with Gasteiger partial charge in [0.05, 0.1) is 21.3 Å². The van der Waals surface area contributed by atoms with Gasteiger partial charge in [0.1, 0.15) is 11.2 Å². The molecule has 26 heavy (non-hydrogen) atoms. The van der Waals surface area contributed by atoms with Crippen LogP contribution in [-0.4, -0.2) is 36.6 Å². The second-order valence-electron chi connectivity index (χ2n) is 5.27. The minimum Gasteiger partial charge on any atom is -0.493 e. The van der Waals surface area contributed by atoms with E-state index in [1.54, 1.807) is 36.5 Å². The predicted molar refractivity (Wildman–Crippen MR) is 95.5 cm³/mol. The Morgan fingerprint density at radius 1 is 1.08 bits per heavy atom. The van der Waals surface area contributed by atoms with E-state index in [0.717, 1.165) is 0 Å². The number of pyridine rings is 1. The number of benzene rings is 1. The predicted octanol–water partition coefficient (Wildman–Crippen LogP) is 1.97. The third-order valence-electron chi connectivity index (χ3n) is 3.78. The molecule has 0 bridgehead atoms. The number of nitrogens with one attached hydrogen (secondary N) is 1. The maximum absolute atomic E-state index is 12.6. The van der Waals surface area contributed by atoms with Crippen LogP contribution in [0.15, 0.2) is 47.5 Å². The Balaban J connectivity index is 1.98. The summed E-state index contributed by atoms with van der Waals surface area (Å²) in [7, 11) is 4.44. The van der Waals surface area contributed by atoms with E-state index in [9.17, 15) is 9.59 Å². The highest BCUT2D eigenvalue weighted by Gasteiger charge is 2.17. The van der Waals surface area contributed by atoms with E-state index in [4.69, 9.17) is 14.2 Å². The van der Waals surface area contributed by atoms with Crippen LogP contribution in [0.2, 0.25) is 0 Å². The molecule has 8 nitrogen and oxygen atoms in total. The Kier molecular flexibility index (Phi) is 4.74. The molecular formula is C18H17N3O5. The summed E-state index contributed by atoms with van der Waals surface area (Å²) < 4.78 is 17.1. The van der Waals surface area contributed by atoms with E-state index in [1.807, 2.05) is 0 Å². The van der Waals surface area contributed by atoms with Crippen molar-refractivity contribution in [2.24, 2.45) is 0 Å². The molecule has 0 atom stereocenters. The van der Waals surface area contributed by atoms with E-state index in [2.05, 4.69) is 10.3 Å². The largest absolute Gasteiger partial charge is 0.493 e. The van der Waals surface area contributed by atoms with Gasteiger partial charge < -0.3 is 19.5 Å². The average molecular weight is 355 g/mol. The van der Waals surface area contributed by atoms with Gasteiger partial charge in [-0.1, -0.05) is 6.07 Å². The van der Waals surface area contributed by atoms with Gasteiger partial charge in [-0.15, -0.1) is 0 Å². The van der Waals surface area contributed by atoms with E-state index in [0.29, 0.717) is 28.6 Å². The number of ether oxygens (including phenoxy) is 3. The first-order valence-electron chi connectivity index (χ1n) is 7.66. The van der Waals surface area contributed by atoms with Gasteiger partial charge in [-0.25, -0.2) is 4.98 Å². The summed E-state index contributed by atoms with van der Waals surface area (Å²) in [6, 6.07) is 8.29. The fourth-order valence-electron chi connectivity index (χ4n) is 2.53. The van der Waals surface area contributed by atoms with Gasteiger partial charge in [-0.05, 0) is 12.1 Å². The number of carbonyl (C=O) groups excluding carboxylic acids is 1. The summed E-state index contributed by atoms with van der Waals surface area (Å²) in [4.78, 5) is 29.2. The number of anilines is 1. The number of hydrogen-bond acceptors (Lipinski definition) is 6. The maximum Gasteiger partial charge on any atom is 0.270 e. The van der Waals surface area contributed by atoms with E-state index >= 15 is 0 Å². The summed E-state index contributed by atoms with van der Waals surface area (Å²) in [6.07, 6.45) is 2.81. The number of methoxy groups -OCH3 is 3. The molecular weight excluding hydrogens is 338 g/mol. The van der Waals surface area contributed by atoms with Gasteiger partial charge in [0.2, 0.25) is 5.75 Å². The molecule has 0 aliphatic carbocycles. The van der Waals surface area contributed by atoms with Crippen molar-refractivity contribution < 1.29 is 19.0 Å². The standard InChI is InChI=1S/C18H17N3O5/c1-24-13-8-11(9-14(25-2)16(13)26-3)20-17(22)12-10-19-15-6-4-5-7-21(15)18(12)23/h4-10H,1-3H3,(H,20,22). The lowest BCUT2D eigenvalue weighted by Crippen LogP contribution is -2.26. The maximum atomic E-state index is 12.6. The quantitative estimate of drug-likeness (QED) is 0.752. The van der Waals surface area contributed by atoms with Gasteiger partial charge in [-0.3, -0.25) is 14.0 Å². The van der Waals surface area contributed by atoms with Crippen molar-refractivity contribution in [2.45, 2.75) is 0 Å². The third-order valence-corrected chi connectivity index (χ3v) is 3.78. The fourth-order valence-corrected chi connectivity index (χ4v) is 2.53. The molecule has 0 aliphatic heterocycles. The second kappa shape index (κ2) is 7.14. The summed E-state index contributed by atoms with van der Waals surface area (Å²) in [6.45, 7) is 0. The van der Waals surface area contributed by atoms with Crippen molar-refractivity contribution in [3.8, 4) is 17.2 Å². The van der Waals surface area contributed by atoms with Crippen LogP contribution in [0.1, 0.15) is 10.4 Å². The molecule has 0 unspecified atom stereocenters. The Morgan fingerprint density at radius 2 is 1.77 bits per heavy atom. The summed E-state index contributed by atoms with van der Waals surface area (Å²) in [5.74, 6) is 0.585. The fraction of sp³-hybridized carbons (Fsp3) is 0.167. The summed E-state index contributed by atoms with van der Waals surface area (Å²) in [5, 5.41) is 2.66. The number of fused-ring (bicyclic) bond motifs is 1. The van der Waals surface area contributed by atoms with Gasteiger partial charge in [0.15, 0.2) is 11.5 Å². The Morgan fingerprint density at radius 3 is 2.38 bits per heavy atom. The number of carbonyl (C=O) groups is 1. The highest BCUT2D eigenvalue weighted by molar-refractivity contribution is 6.04. The molecule has 1 N–H and O–H groups in total. The molecule has 2 aromatic heterocycles. The normalized spacial score (nSPS) is 10.4. The molecule has 0 aliphatic rings. The van der Waals surface area contributed by atoms with Crippen molar-refractivity contribution in [3.63, 3.8) is 0 Å². The van der Waals surface area contributed by atoms with E-state index < -0.39 is 11.5 Å². The number of amides is 1. The monoisotopic (exact) mass is 355 g/mol. The van der Waals surface area contributed by atoms with Crippen LogP contribution in [0.5, 0.6) is 17.2 Å². The molecule has 1 amide bonds. The molecule has 0 spiro atoms. The summed E-state index contributed by atoms with van der Waals surface area (Å²) >= 11 is 0. The first kappa shape index (κ1) is 17.3. The average Bonchev–Trinajstić information content (AvgIpc) is 2.67. The van der Waals surface area contributed by atoms with Crippen LogP contribution in [0.3, 0.4) is 0 Å². The molecule has 3 rings (SSSR count). The third kappa shape index (κ3) is 3.04. The smallest absolute Gasteiger partial charge is 0.270 e. The van der Waals surface area contributed by atoms with Crippen molar-refractivity contribution in [3.05, 3.63) is 58.6 Å². The minimum atomic E-state index is -0.588. The Bertz CT molecular complexity index is 1000. The molecule has 0 saturated carbocycles. The van der Waals surface area contributed by atoms with Crippen molar-refractivity contribution in [2.75, 3.05) is 26.6 Å². The van der Waals surface area contributed by atoms with Gasteiger partial charge in [0.25, 0.3) is 11.5 Å². The zero-order valence-corrected chi connectivity index (χ0v) is 14.5. The van der Waals surface area contributed by atoms with Crippen LogP contribution < -0.4 is 25.1 Å².